The Balaban J connectivity index is 1.62. The van der Waals surface area contributed by atoms with Crippen molar-refractivity contribution in [3.05, 3.63) is 130 Å². The smallest absolute Gasteiger partial charge is 0.259 e. The lowest BCUT2D eigenvalue weighted by Crippen LogP contribution is -2.23. The molecule has 5 rings (SSSR count). The van der Waals surface area contributed by atoms with Crippen molar-refractivity contribution >= 4 is 10.8 Å². The second kappa shape index (κ2) is 8.90. The average molecular weight is 457 g/mol. The molecule has 0 aliphatic heterocycles. The minimum Gasteiger partial charge on any atom is -0.457 e. The lowest BCUT2D eigenvalue weighted by molar-refractivity contribution is 0.483. The van der Waals surface area contributed by atoms with Crippen LogP contribution in [0.25, 0.3) is 22.0 Å². The molecule has 0 radical (unpaired) electrons. The standard InChI is InChI=1S/C28H18F3NO2/c29-20-12-9-19(26(31)15-20)17-32-27(16-24-23(28(32)33)7-4-8-25(24)30)18-10-13-22(14-11-18)34-21-5-2-1-3-6-21/h1-16H,17H2. The van der Waals surface area contributed by atoms with Gasteiger partial charge in [0.25, 0.3) is 5.56 Å². The van der Waals surface area contributed by atoms with E-state index in [-0.39, 0.29) is 22.9 Å². The van der Waals surface area contributed by atoms with Gasteiger partial charge in [-0.1, -0.05) is 30.3 Å². The Labute approximate surface area is 193 Å². The van der Waals surface area contributed by atoms with Crippen molar-refractivity contribution in [3.63, 3.8) is 0 Å². The second-order valence-corrected chi connectivity index (χ2v) is 7.80. The van der Waals surface area contributed by atoms with Crippen molar-refractivity contribution in [2.75, 3.05) is 0 Å². The van der Waals surface area contributed by atoms with Gasteiger partial charge in [-0.15, -0.1) is 0 Å². The number of rotatable bonds is 5. The SMILES string of the molecule is O=c1c2cccc(F)c2cc(-c2ccc(Oc3ccccc3)cc2)n1Cc1ccc(F)cc1F. The molecular weight excluding hydrogens is 439 g/mol. The highest BCUT2D eigenvalue weighted by atomic mass is 19.1. The molecule has 0 aliphatic carbocycles. The number of nitrogens with zero attached hydrogens (tertiary/aromatic N) is 1. The number of fused-ring (bicyclic) bond motifs is 1. The minimum absolute atomic E-state index is 0.143. The largest absolute Gasteiger partial charge is 0.457 e. The summed E-state index contributed by atoms with van der Waals surface area (Å²) in [7, 11) is 0. The van der Waals surface area contributed by atoms with Crippen LogP contribution in [-0.4, -0.2) is 4.57 Å². The maximum absolute atomic E-state index is 14.6. The molecule has 0 bridgehead atoms. The molecule has 5 aromatic rings. The molecule has 3 nitrogen and oxygen atoms in total. The second-order valence-electron chi connectivity index (χ2n) is 7.80. The molecule has 0 atom stereocenters. The summed E-state index contributed by atoms with van der Waals surface area (Å²) < 4.78 is 49.6. The van der Waals surface area contributed by atoms with Crippen molar-refractivity contribution < 1.29 is 17.9 Å². The van der Waals surface area contributed by atoms with Gasteiger partial charge in [-0.25, -0.2) is 13.2 Å². The van der Waals surface area contributed by atoms with E-state index < -0.39 is 23.0 Å². The lowest BCUT2D eigenvalue weighted by atomic mass is 10.0. The van der Waals surface area contributed by atoms with Crippen LogP contribution in [0.2, 0.25) is 0 Å². The summed E-state index contributed by atoms with van der Waals surface area (Å²) in [5.74, 6) is -0.737. The molecule has 1 aromatic heterocycles. The molecule has 0 aliphatic rings. The first-order valence-electron chi connectivity index (χ1n) is 10.6. The highest BCUT2D eigenvalue weighted by Gasteiger charge is 2.16. The predicted octanol–water partition coefficient (Wildman–Crippen LogP) is 6.93. The zero-order valence-corrected chi connectivity index (χ0v) is 17.8. The summed E-state index contributed by atoms with van der Waals surface area (Å²) in [5, 5.41) is 0.346. The van der Waals surface area contributed by atoms with Gasteiger partial charge in [0.15, 0.2) is 0 Å². The molecule has 4 aromatic carbocycles. The maximum Gasteiger partial charge on any atom is 0.259 e. The molecule has 6 heteroatoms. The molecular formula is C28H18F3NO2. The van der Waals surface area contributed by atoms with E-state index in [9.17, 15) is 18.0 Å². The molecule has 0 saturated carbocycles. The molecule has 34 heavy (non-hydrogen) atoms. The Hall–Kier alpha value is -4.32. The number of pyridine rings is 1. The van der Waals surface area contributed by atoms with E-state index in [1.54, 1.807) is 30.3 Å². The predicted molar refractivity (Wildman–Crippen MR) is 126 cm³/mol. The summed E-state index contributed by atoms with van der Waals surface area (Å²) >= 11 is 0. The number of aromatic nitrogens is 1. The fraction of sp³-hybridized carbons (Fsp3) is 0.0357. The molecule has 0 N–H and O–H groups in total. The zero-order valence-electron chi connectivity index (χ0n) is 17.8. The zero-order chi connectivity index (χ0) is 23.7. The third-order valence-corrected chi connectivity index (χ3v) is 5.57. The van der Waals surface area contributed by atoms with Gasteiger partial charge in [0.1, 0.15) is 29.0 Å². The van der Waals surface area contributed by atoms with Gasteiger partial charge in [-0.2, -0.15) is 0 Å². The quantitative estimate of drug-likeness (QED) is 0.287. The summed E-state index contributed by atoms with van der Waals surface area (Å²) in [6.45, 7) is -0.144. The number of hydrogen-bond acceptors (Lipinski definition) is 2. The van der Waals surface area contributed by atoms with Gasteiger partial charge in [-0.3, -0.25) is 4.79 Å². The molecule has 0 spiro atoms. The Morgan fingerprint density at radius 1 is 0.676 bits per heavy atom. The first-order valence-corrected chi connectivity index (χ1v) is 10.6. The molecule has 0 unspecified atom stereocenters. The fourth-order valence-corrected chi connectivity index (χ4v) is 3.87. The van der Waals surface area contributed by atoms with E-state index in [1.807, 2.05) is 30.3 Å². The Morgan fingerprint density at radius 2 is 1.41 bits per heavy atom. The normalized spacial score (nSPS) is 11.0. The summed E-state index contributed by atoms with van der Waals surface area (Å²) in [5.41, 5.74) is 0.688. The van der Waals surface area contributed by atoms with Gasteiger partial charge >= 0.3 is 0 Å². The lowest BCUT2D eigenvalue weighted by Gasteiger charge is -2.16. The van der Waals surface area contributed by atoms with E-state index in [2.05, 4.69) is 0 Å². The average Bonchev–Trinajstić information content (AvgIpc) is 2.84. The summed E-state index contributed by atoms with van der Waals surface area (Å²) in [6.07, 6.45) is 0. The van der Waals surface area contributed by atoms with Crippen molar-refractivity contribution in [2.24, 2.45) is 0 Å². The van der Waals surface area contributed by atoms with Crippen LogP contribution < -0.4 is 10.3 Å². The van der Waals surface area contributed by atoms with E-state index >= 15 is 0 Å². The number of halogens is 3. The van der Waals surface area contributed by atoms with Crippen molar-refractivity contribution in [2.45, 2.75) is 6.54 Å². The highest BCUT2D eigenvalue weighted by Crippen LogP contribution is 2.28. The Kier molecular flexibility index (Phi) is 5.64. The first kappa shape index (κ1) is 21.5. The van der Waals surface area contributed by atoms with Crippen LogP contribution in [0.15, 0.2) is 102 Å². The van der Waals surface area contributed by atoms with E-state index in [1.165, 1.54) is 28.8 Å². The van der Waals surface area contributed by atoms with Crippen LogP contribution in [0.5, 0.6) is 11.5 Å². The van der Waals surface area contributed by atoms with Gasteiger partial charge in [0, 0.05) is 17.0 Å². The Morgan fingerprint density at radius 3 is 2.15 bits per heavy atom. The van der Waals surface area contributed by atoms with Crippen molar-refractivity contribution in [3.8, 4) is 22.8 Å². The highest BCUT2D eigenvalue weighted by molar-refractivity contribution is 5.86. The van der Waals surface area contributed by atoms with Gasteiger partial charge < -0.3 is 9.30 Å². The first-order chi connectivity index (χ1) is 16.5. The van der Waals surface area contributed by atoms with Crippen molar-refractivity contribution in [1.82, 2.24) is 4.57 Å². The van der Waals surface area contributed by atoms with Gasteiger partial charge in [0.05, 0.1) is 17.6 Å². The van der Waals surface area contributed by atoms with E-state index in [0.717, 1.165) is 12.1 Å². The monoisotopic (exact) mass is 457 g/mol. The number of hydrogen-bond donors (Lipinski definition) is 0. The van der Waals surface area contributed by atoms with E-state index in [4.69, 9.17) is 4.74 Å². The molecule has 0 saturated heterocycles. The van der Waals surface area contributed by atoms with Gasteiger partial charge in [0.2, 0.25) is 0 Å². The number of ether oxygens (including phenoxy) is 1. The summed E-state index contributed by atoms with van der Waals surface area (Å²) in [4.78, 5) is 13.3. The minimum atomic E-state index is -0.760. The van der Waals surface area contributed by atoms with Crippen LogP contribution in [-0.2, 0) is 6.54 Å². The van der Waals surface area contributed by atoms with Gasteiger partial charge in [-0.05, 0) is 66.2 Å². The number of benzene rings is 4. The maximum atomic E-state index is 14.6. The molecule has 168 valence electrons. The molecule has 1 heterocycles. The Bertz CT molecular complexity index is 1540. The summed E-state index contributed by atoms with van der Waals surface area (Å²) in [6, 6.07) is 25.3. The fourth-order valence-electron chi connectivity index (χ4n) is 3.87. The topological polar surface area (TPSA) is 31.2 Å². The van der Waals surface area contributed by atoms with Crippen LogP contribution in [0, 0.1) is 17.5 Å². The van der Waals surface area contributed by atoms with Crippen LogP contribution in [0.1, 0.15) is 5.56 Å². The third kappa shape index (κ3) is 4.18. The van der Waals surface area contributed by atoms with E-state index in [0.29, 0.717) is 22.8 Å². The van der Waals surface area contributed by atoms with Crippen LogP contribution in [0.3, 0.4) is 0 Å². The molecule has 0 fully saturated rings. The molecule has 0 amide bonds. The van der Waals surface area contributed by atoms with Crippen LogP contribution in [0.4, 0.5) is 13.2 Å². The van der Waals surface area contributed by atoms with Crippen molar-refractivity contribution in [1.29, 1.82) is 0 Å². The number of para-hydroxylation sites is 1. The van der Waals surface area contributed by atoms with Crippen LogP contribution >= 0.6 is 0 Å². The third-order valence-electron chi connectivity index (χ3n) is 5.57.